The van der Waals surface area contributed by atoms with Crippen LogP contribution >= 0.6 is 0 Å². The van der Waals surface area contributed by atoms with E-state index in [0.717, 1.165) is 0 Å². The highest BCUT2D eigenvalue weighted by molar-refractivity contribution is 5.94. The van der Waals surface area contributed by atoms with Gasteiger partial charge in [0.05, 0.1) is 12.5 Å². The maximum absolute atomic E-state index is 13.2. The minimum absolute atomic E-state index is 0.0324. The summed E-state index contributed by atoms with van der Waals surface area (Å²) in [5.41, 5.74) is 27.2. The van der Waals surface area contributed by atoms with Crippen LogP contribution in [0.3, 0.4) is 0 Å². The molecule has 17 heteroatoms. The van der Waals surface area contributed by atoms with Gasteiger partial charge < -0.3 is 54.8 Å². The summed E-state index contributed by atoms with van der Waals surface area (Å²) in [5.74, 6) is -5.50. The number of nitrogens with two attached hydrogens (primary N) is 5. The molecule has 0 aliphatic carbocycles. The van der Waals surface area contributed by atoms with Crippen molar-refractivity contribution in [2.24, 2.45) is 44.6 Å². The predicted molar refractivity (Wildman–Crippen MR) is 143 cm³/mol. The Labute approximate surface area is 226 Å². The number of rotatable bonds is 19. The molecule has 0 bridgehead atoms. The van der Waals surface area contributed by atoms with Crippen LogP contribution in [0.15, 0.2) is 9.98 Å². The van der Waals surface area contributed by atoms with Crippen LogP contribution in [-0.4, -0.2) is 89.0 Å². The maximum Gasteiger partial charge on any atom is 0.326 e. The van der Waals surface area contributed by atoms with Gasteiger partial charge in [-0.1, -0.05) is 13.8 Å². The van der Waals surface area contributed by atoms with Crippen molar-refractivity contribution in [1.29, 1.82) is 0 Å². The van der Waals surface area contributed by atoms with Gasteiger partial charge in [-0.15, -0.1) is 0 Å². The number of carboxylic acid groups (broad SMARTS) is 2. The number of guanidine groups is 2. The standard InChI is InChI=1S/C22H42N10O7/c1-11(2)9-12(23)17(35)30-13(5-3-7-28-21(24)25)18(36)31-14(6-4-8-29-22(26)27)19(37)32-15(20(38)39)10-16(33)34/h11-15H,3-10,23H2,1-2H3,(H,30,35)(H,31,36)(H,32,37)(H,33,34)(H,38,39)(H4,24,25,28)(H4,26,27,29). The molecule has 17 nitrogen and oxygen atoms in total. The van der Waals surface area contributed by atoms with Crippen molar-refractivity contribution in [3.63, 3.8) is 0 Å². The Kier molecular flexibility index (Phi) is 16.2. The molecule has 15 N–H and O–H groups in total. The van der Waals surface area contributed by atoms with E-state index in [4.69, 9.17) is 33.8 Å². The molecule has 222 valence electrons. The number of carboxylic acids is 2. The molecule has 0 aromatic rings. The summed E-state index contributed by atoms with van der Waals surface area (Å²) >= 11 is 0. The zero-order valence-corrected chi connectivity index (χ0v) is 22.3. The fourth-order valence-electron chi connectivity index (χ4n) is 3.36. The second kappa shape index (κ2) is 18.2. The number of aliphatic carboxylic acids is 2. The zero-order chi connectivity index (χ0) is 30.1. The SMILES string of the molecule is CC(C)CC(N)C(=O)NC(CCCN=C(N)N)C(=O)NC(CCCN=C(N)N)C(=O)NC(CC(=O)O)C(=O)O. The largest absolute Gasteiger partial charge is 0.481 e. The first kappa shape index (κ1) is 34.9. The van der Waals surface area contributed by atoms with E-state index in [2.05, 4.69) is 25.9 Å². The van der Waals surface area contributed by atoms with Gasteiger partial charge in [-0.2, -0.15) is 0 Å². The van der Waals surface area contributed by atoms with E-state index < -0.39 is 60.2 Å². The summed E-state index contributed by atoms with van der Waals surface area (Å²) in [6.07, 6.45) is 0.0265. The van der Waals surface area contributed by atoms with Gasteiger partial charge in [-0.25, -0.2) is 4.79 Å². The second-order valence-corrected chi connectivity index (χ2v) is 9.25. The fourth-order valence-corrected chi connectivity index (χ4v) is 3.36. The second-order valence-electron chi connectivity index (χ2n) is 9.25. The van der Waals surface area contributed by atoms with Crippen LogP contribution in [0.1, 0.15) is 52.4 Å². The van der Waals surface area contributed by atoms with Crippen molar-refractivity contribution in [3.8, 4) is 0 Å². The fraction of sp³-hybridized carbons (Fsp3) is 0.682. The van der Waals surface area contributed by atoms with E-state index in [0.29, 0.717) is 6.42 Å². The topological polar surface area (TPSA) is 317 Å². The van der Waals surface area contributed by atoms with Crippen LogP contribution in [0, 0.1) is 5.92 Å². The molecule has 0 aromatic heterocycles. The van der Waals surface area contributed by atoms with Crippen molar-refractivity contribution in [3.05, 3.63) is 0 Å². The molecule has 0 aliphatic heterocycles. The van der Waals surface area contributed by atoms with Crippen LogP contribution in [0.4, 0.5) is 0 Å². The van der Waals surface area contributed by atoms with E-state index in [-0.39, 0.29) is 56.6 Å². The molecule has 0 heterocycles. The van der Waals surface area contributed by atoms with E-state index >= 15 is 0 Å². The molecule has 4 atom stereocenters. The van der Waals surface area contributed by atoms with Crippen LogP contribution in [0.2, 0.25) is 0 Å². The van der Waals surface area contributed by atoms with Gasteiger partial charge in [0, 0.05) is 13.1 Å². The molecule has 0 rings (SSSR count). The van der Waals surface area contributed by atoms with Gasteiger partial charge in [0.2, 0.25) is 17.7 Å². The van der Waals surface area contributed by atoms with Gasteiger partial charge in [0.15, 0.2) is 11.9 Å². The first-order chi connectivity index (χ1) is 18.1. The Morgan fingerprint density at radius 2 is 1.13 bits per heavy atom. The van der Waals surface area contributed by atoms with E-state index in [1.54, 1.807) is 0 Å². The van der Waals surface area contributed by atoms with Gasteiger partial charge in [-0.05, 0) is 38.0 Å². The Balaban J connectivity index is 5.78. The van der Waals surface area contributed by atoms with Crippen LogP contribution < -0.4 is 44.6 Å². The Bertz CT molecular complexity index is 902. The number of hydrogen-bond donors (Lipinski definition) is 10. The molecule has 0 fully saturated rings. The predicted octanol–water partition coefficient (Wildman–Crippen LogP) is -3.52. The van der Waals surface area contributed by atoms with Crippen molar-refractivity contribution in [1.82, 2.24) is 16.0 Å². The molecule has 0 aliphatic rings. The van der Waals surface area contributed by atoms with Gasteiger partial charge >= 0.3 is 11.9 Å². The van der Waals surface area contributed by atoms with E-state index in [9.17, 15) is 29.1 Å². The molecule has 0 saturated carbocycles. The average molecular weight is 559 g/mol. The van der Waals surface area contributed by atoms with Crippen LogP contribution in [0.5, 0.6) is 0 Å². The number of nitrogens with one attached hydrogen (secondary N) is 3. The molecule has 4 unspecified atom stereocenters. The highest BCUT2D eigenvalue weighted by Crippen LogP contribution is 2.07. The van der Waals surface area contributed by atoms with Crippen LogP contribution in [0.25, 0.3) is 0 Å². The number of aliphatic imine (C=N–C) groups is 2. The zero-order valence-electron chi connectivity index (χ0n) is 22.3. The summed E-state index contributed by atoms with van der Waals surface area (Å²) in [5, 5.41) is 25.4. The first-order valence-electron chi connectivity index (χ1n) is 12.4. The molecule has 39 heavy (non-hydrogen) atoms. The highest BCUT2D eigenvalue weighted by atomic mass is 16.4. The van der Waals surface area contributed by atoms with Crippen molar-refractivity contribution in [2.75, 3.05) is 13.1 Å². The number of carbonyl (C=O) groups excluding carboxylic acids is 3. The number of amides is 3. The summed E-state index contributed by atoms with van der Waals surface area (Å²) < 4.78 is 0. The highest BCUT2D eigenvalue weighted by Gasteiger charge is 2.31. The molecule has 0 aromatic carbocycles. The lowest BCUT2D eigenvalue weighted by molar-refractivity contribution is -0.147. The summed E-state index contributed by atoms with van der Waals surface area (Å²) in [4.78, 5) is 68.8. The Hall–Kier alpha value is -4.15. The first-order valence-corrected chi connectivity index (χ1v) is 12.4. The lowest BCUT2D eigenvalue weighted by atomic mass is 10.0. The lowest BCUT2D eigenvalue weighted by Crippen LogP contribution is -2.57. The van der Waals surface area contributed by atoms with Crippen molar-refractivity contribution >= 4 is 41.6 Å². The van der Waals surface area contributed by atoms with E-state index in [1.165, 1.54) is 0 Å². The third-order valence-electron chi connectivity index (χ3n) is 5.21. The van der Waals surface area contributed by atoms with Crippen molar-refractivity contribution in [2.45, 2.75) is 76.5 Å². The summed E-state index contributed by atoms with van der Waals surface area (Å²) in [6, 6.07) is -5.06. The minimum atomic E-state index is -1.74. The lowest BCUT2D eigenvalue weighted by Gasteiger charge is -2.25. The maximum atomic E-state index is 13.2. The Morgan fingerprint density at radius 1 is 0.718 bits per heavy atom. The number of nitrogens with zero attached hydrogens (tertiary/aromatic N) is 2. The summed E-state index contributed by atoms with van der Waals surface area (Å²) in [6.45, 7) is 4.03. The minimum Gasteiger partial charge on any atom is -0.481 e. The Morgan fingerprint density at radius 3 is 1.49 bits per heavy atom. The number of hydrogen-bond acceptors (Lipinski definition) is 8. The van der Waals surface area contributed by atoms with E-state index in [1.807, 2.05) is 13.8 Å². The summed E-state index contributed by atoms with van der Waals surface area (Å²) in [7, 11) is 0. The number of carbonyl (C=O) groups is 5. The van der Waals surface area contributed by atoms with Gasteiger partial charge in [0.25, 0.3) is 0 Å². The normalized spacial score (nSPS) is 13.7. The third kappa shape index (κ3) is 16.3. The van der Waals surface area contributed by atoms with Gasteiger partial charge in [-0.3, -0.25) is 29.2 Å². The quantitative estimate of drug-likeness (QED) is 0.0419. The van der Waals surface area contributed by atoms with Crippen LogP contribution in [-0.2, 0) is 24.0 Å². The van der Waals surface area contributed by atoms with Crippen molar-refractivity contribution < 1.29 is 34.2 Å². The molecular weight excluding hydrogens is 516 g/mol. The average Bonchev–Trinajstić information content (AvgIpc) is 2.80. The van der Waals surface area contributed by atoms with Gasteiger partial charge in [0.1, 0.15) is 18.1 Å². The molecule has 3 amide bonds. The molecular formula is C22H42N10O7. The monoisotopic (exact) mass is 558 g/mol. The third-order valence-corrected chi connectivity index (χ3v) is 5.21. The molecule has 0 saturated heterocycles. The molecule has 0 radical (unpaired) electrons. The smallest absolute Gasteiger partial charge is 0.326 e. The molecule has 0 spiro atoms.